The minimum Gasteiger partial charge on any atom is -0.376 e. The van der Waals surface area contributed by atoms with Gasteiger partial charge in [0.05, 0.1) is 6.54 Å². The van der Waals surface area contributed by atoms with Crippen LogP contribution >= 0.6 is 15.9 Å². The molecule has 0 bridgehead atoms. The lowest BCUT2D eigenvalue weighted by molar-refractivity contribution is -0.129. The van der Waals surface area contributed by atoms with E-state index in [0.29, 0.717) is 6.54 Å². The summed E-state index contributed by atoms with van der Waals surface area (Å²) in [5.74, 6) is 0.165. The van der Waals surface area contributed by atoms with E-state index in [1.165, 1.54) is 0 Å². The Morgan fingerprint density at radius 2 is 1.94 bits per heavy atom. The molecule has 0 saturated heterocycles. The fourth-order valence-corrected chi connectivity index (χ4v) is 2.19. The number of rotatable bonds is 7. The van der Waals surface area contributed by atoms with Gasteiger partial charge in [-0.1, -0.05) is 35.8 Å². The summed E-state index contributed by atoms with van der Waals surface area (Å²) in [6.45, 7) is 6.23. The fourth-order valence-electron chi connectivity index (χ4n) is 1.79. The van der Waals surface area contributed by atoms with Gasteiger partial charge in [-0.05, 0) is 31.0 Å². The average molecular weight is 313 g/mol. The smallest absolute Gasteiger partial charge is 0.241 e. The van der Waals surface area contributed by atoms with E-state index < -0.39 is 0 Å². The number of hydrogen-bond acceptors (Lipinski definition) is 2. The molecule has 18 heavy (non-hydrogen) atoms. The lowest BCUT2D eigenvalue weighted by atomic mass is 10.3. The van der Waals surface area contributed by atoms with Crippen LogP contribution in [-0.2, 0) is 4.79 Å². The van der Waals surface area contributed by atoms with Crippen LogP contribution in [0.3, 0.4) is 0 Å². The lowest BCUT2D eigenvalue weighted by Gasteiger charge is -2.21. The summed E-state index contributed by atoms with van der Waals surface area (Å²) >= 11 is 3.41. The third kappa shape index (κ3) is 5.08. The van der Waals surface area contributed by atoms with Crippen molar-refractivity contribution in [3.63, 3.8) is 0 Å². The van der Waals surface area contributed by atoms with Gasteiger partial charge in [-0.3, -0.25) is 4.79 Å². The normalized spacial score (nSPS) is 10.2. The maximum absolute atomic E-state index is 12.0. The van der Waals surface area contributed by atoms with Crippen LogP contribution in [0.25, 0.3) is 0 Å². The Kier molecular flexibility index (Phi) is 6.80. The third-order valence-corrected chi connectivity index (χ3v) is 3.10. The number of carbonyl (C=O) groups excluding carboxylic acids is 1. The van der Waals surface area contributed by atoms with Crippen molar-refractivity contribution in [2.24, 2.45) is 0 Å². The van der Waals surface area contributed by atoms with Crippen LogP contribution in [0, 0.1) is 0 Å². The van der Waals surface area contributed by atoms with Crippen LogP contribution < -0.4 is 5.32 Å². The highest BCUT2D eigenvalue weighted by atomic mass is 79.9. The number of nitrogens with one attached hydrogen (secondary N) is 1. The molecule has 0 radical (unpaired) electrons. The summed E-state index contributed by atoms with van der Waals surface area (Å²) in [6.07, 6.45) is 2.01. The number of carbonyl (C=O) groups is 1. The van der Waals surface area contributed by atoms with Gasteiger partial charge in [0.15, 0.2) is 0 Å². The predicted octanol–water partition coefficient (Wildman–Crippen LogP) is 3.51. The molecule has 0 aliphatic rings. The number of nitrogens with zero attached hydrogens (tertiary/aromatic N) is 1. The van der Waals surface area contributed by atoms with E-state index in [9.17, 15) is 4.79 Å². The second kappa shape index (κ2) is 8.14. The topological polar surface area (TPSA) is 32.3 Å². The summed E-state index contributed by atoms with van der Waals surface area (Å²) in [6, 6.07) is 7.85. The Balaban J connectivity index is 2.48. The molecule has 1 aromatic rings. The van der Waals surface area contributed by atoms with E-state index in [2.05, 4.69) is 35.1 Å². The Morgan fingerprint density at radius 1 is 1.28 bits per heavy atom. The number of anilines is 1. The van der Waals surface area contributed by atoms with E-state index in [0.717, 1.165) is 36.1 Å². The van der Waals surface area contributed by atoms with E-state index in [4.69, 9.17) is 0 Å². The Hall–Kier alpha value is -1.03. The van der Waals surface area contributed by atoms with Gasteiger partial charge in [0, 0.05) is 23.2 Å². The van der Waals surface area contributed by atoms with E-state index in [1.54, 1.807) is 0 Å². The SMILES string of the molecule is CCCN(CCC)C(=O)CNc1cccc(Br)c1. The van der Waals surface area contributed by atoms with Crippen molar-refractivity contribution in [3.05, 3.63) is 28.7 Å². The third-order valence-electron chi connectivity index (χ3n) is 2.61. The van der Waals surface area contributed by atoms with Gasteiger partial charge in [0.2, 0.25) is 5.91 Å². The molecule has 0 aliphatic heterocycles. The van der Waals surface area contributed by atoms with Crippen molar-refractivity contribution in [3.8, 4) is 0 Å². The molecule has 0 fully saturated rings. The largest absolute Gasteiger partial charge is 0.376 e. The quantitative estimate of drug-likeness (QED) is 0.835. The standard InChI is InChI=1S/C14H21BrN2O/c1-3-8-17(9-4-2)14(18)11-16-13-7-5-6-12(15)10-13/h5-7,10,16H,3-4,8-9,11H2,1-2H3. The first kappa shape index (κ1) is 15.0. The van der Waals surface area contributed by atoms with Crippen molar-refractivity contribution < 1.29 is 4.79 Å². The van der Waals surface area contributed by atoms with Crippen LogP contribution in [0.15, 0.2) is 28.7 Å². The van der Waals surface area contributed by atoms with Gasteiger partial charge in [0.1, 0.15) is 0 Å². The van der Waals surface area contributed by atoms with Crippen molar-refractivity contribution in [2.45, 2.75) is 26.7 Å². The highest BCUT2D eigenvalue weighted by molar-refractivity contribution is 9.10. The molecule has 100 valence electrons. The zero-order chi connectivity index (χ0) is 13.4. The molecule has 1 aromatic carbocycles. The number of hydrogen-bond donors (Lipinski definition) is 1. The monoisotopic (exact) mass is 312 g/mol. The van der Waals surface area contributed by atoms with Gasteiger partial charge < -0.3 is 10.2 Å². The first-order chi connectivity index (χ1) is 8.67. The molecule has 1 rings (SSSR count). The second-order valence-electron chi connectivity index (χ2n) is 4.24. The van der Waals surface area contributed by atoms with Crippen molar-refractivity contribution in [2.75, 3.05) is 25.0 Å². The average Bonchev–Trinajstić information content (AvgIpc) is 2.36. The molecular formula is C14H21BrN2O. The molecule has 0 aliphatic carbocycles. The molecule has 1 N–H and O–H groups in total. The van der Waals surface area contributed by atoms with Crippen molar-refractivity contribution in [1.29, 1.82) is 0 Å². The zero-order valence-corrected chi connectivity index (χ0v) is 12.7. The Labute approximate surface area is 118 Å². The van der Waals surface area contributed by atoms with Crippen LogP contribution in [0.4, 0.5) is 5.69 Å². The molecule has 0 heterocycles. The summed E-state index contributed by atoms with van der Waals surface area (Å²) in [7, 11) is 0. The molecular weight excluding hydrogens is 292 g/mol. The van der Waals surface area contributed by atoms with Gasteiger partial charge in [-0.25, -0.2) is 0 Å². The van der Waals surface area contributed by atoms with E-state index in [-0.39, 0.29) is 5.91 Å². The van der Waals surface area contributed by atoms with Crippen molar-refractivity contribution >= 4 is 27.5 Å². The molecule has 0 spiro atoms. The van der Waals surface area contributed by atoms with Crippen LogP contribution in [-0.4, -0.2) is 30.4 Å². The summed E-state index contributed by atoms with van der Waals surface area (Å²) in [5, 5.41) is 3.16. The van der Waals surface area contributed by atoms with Gasteiger partial charge in [-0.2, -0.15) is 0 Å². The zero-order valence-electron chi connectivity index (χ0n) is 11.1. The van der Waals surface area contributed by atoms with E-state index >= 15 is 0 Å². The molecule has 1 amide bonds. The van der Waals surface area contributed by atoms with Gasteiger partial charge >= 0.3 is 0 Å². The highest BCUT2D eigenvalue weighted by Gasteiger charge is 2.10. The lowest BCUT2D eigenvalue weighted by Crippen LogP contribution is -2.36. The van der Waals surface area contributed by atoms with E-state index in [1.807, 2.05) is 29.2 Å². The number of benzene rings is 1. The number of halogens is 1. The molecule has 0 saturated carbocycles. The Bertz CT molecular complexity index is 376. The molecule has 0 unspecified atom stereocenters. The molecule has 3 nitrogen and oxygen atoms in total. The second-order valence-corrected chi connectivity index (χ2v) is 5.16. The van der Waals surface area contributed by atoms with Crippen molar-refractivity contribution in [1.82, 2.24) is 4.90 Å². The first-order valence-electron chi connectivity index (χ1n) is 6.44. The molecule has 0 atom stereocenters. The highest BCUT2D eigenvalue weighted by Crippen LogP contribution is 2.15. The molecule has 0 aromatic heterocycles. The minimum atomic E-state index is 0.165. The summed E-state index contributed by atoms with van der Waals surface area (Å²) in [4.78, 5) is 14.0. The Morgan fingerprint density at radius 3 is 2.50 bits per heavy atom. The summed E-state index contributed by atoms with van der Waals surface area (Å²) in [5.41, 5.74) is 0.964. The number of amides is 1. The van der Waals surface area contributed by atoms with Gasteiger partial charge in [0.25, 0.3) is 0 Å². The fraction of sp³-hybridized carbons (Fsp3) is 0.500. The van der Waals surface area contributed by atoms with Crippen LogP contribution in [0.2, 0.25) is 0 Å². The maximum atomic E-state index is 12.0. The first-order valence-corrected chi connectivity index (χ1v) is 7.23. The van der Waals surface area contributed by atoms with Crippen LogP contribution in [0.5, 0.6) is 0 Å². The maximum Gasteiger partial charge on any atom is 0.241 e. The predicted molar refractivity (Wildman–Crippen MR) is 79.8 cm³/mol. The minimum absolute atomic E-state index is 0.165. The summed E-state index contributed by atoms with van der Waals surface area (Å²) < 4.78 is 1.01. The van der Waals surface area contributed by atoms with Gasteiger partial charge in [-0.15, -0.1) is 0 Å². The molecule has 4 heteroatoms. The van der Waals surface area contributed by atoms with Crippen LogP contribution in [0.1, 0.15) is 26.7 Å².